The molecule has 0 fully saturated rings. The van der Waals surface area contributed by atoms with E-state index in [0.29, 0.717) is 58.3 Å². The van der Waals surface area contributed by atoms with Crippen LogP contribution in [0.4, 0.5) is 5.69 Å². The van der Waals surface area contributed by atoms with Crippen molar-refractivity contribution >= 4 is 41.4 Å². The molecule has 1 heterocycles. The first-order chi connectivity index (χ1) is 16.9. The van der Waals surface area contributed by atoms with Gasteiger partial charge in [-0.15, -0.1) is 12.4 Å². The SMILES string of the molecule is COc1cc(-c2nscc2-c2cc(NC(=O)CCCN)c(OC)c(C(N)=O)c2)cc(OC)c1OC.Cl. The zero-order chi connectivity index (χ0) is 25.5. The first-order valence-electron chi connectivity index (χ1n) is 10.6. The molecule has 0 spiro atoms. The highest BCUT2D eigenvalue weighted by molar-refractivity contribution is 7.04. The van der Waals surface area contributed by atoms with Crippen molar-refractivity contribution in [1.29, 1.82) is 0 Å². The molecule has 3 aromatic rings. The van der Waals surface area contributed by atoms with Gasteiger partial charge in [0.15, 0.2) is 17.2 Å². The minimum absolute atomic E-state index is 0. The maximum Gasteiger partial charge on any atom is 0.252 e. The fourth-order valence-corrected chi connectivity index (χ4v) is 4.34. The summed E-state index contributed by atoms with van der Waals surface area (Å²) in [5, 5.41) is 4.64. The number of primary amides is 1. The van der Waals surface area contributed by atoms with Gasteiger partial charge in [0.2, 0.25) is 11.7 Å². The molecule has 2 aromatic carbocycles. The van der Waals surface area contributed by atoms with Crippen LogP contribution in [0.1, 0.15) is 23.2 Å². The highest BCUT2D eigenvalue weighted by atomic mass is 35.5. The smallest absolute Gasteiger partial charge is 0.252 e. The maximum absolute atomic E-state index is 12.4. The van der Waals surface area contributed by atoms with Gasteiger partial charge in [0.05, 0.1) is 45.4 Å². The Labute approximate surface area is 219 Å². The summed E-state index contributed by atoms with van der Waals surface area (Å²) in [5.74, 6) is 0.633. The van der Waals surface area contributed by atoms with E-state index in [0.717, 1.165) is 0 Å². The predicted octanol–water partition coefficient (Wildman–Crippen LogP) is 3.71. The van der Waals surface area contributed by atoms with Gasteiger partial charge >= 0.3 is 0 Å². The Kier molecular flexibility index (Phi) is 10.3. The van der Waals surface area contributed by atoms with E-state index in [1.165, 1.54) is 40.0 Å². The van der Waals surface area contributed by atoms with Crippen LogP contribution in [0.2, 0.25) is 0 Å². The molecule has 0 unspecified atom stereocenters. The van der Waals surface area contributed by atoms with Crippen molar-refractivity contribution in [2.24, 2.45) is 11.5 Å². The quantitative estimate of drug-likeness (QED) is 0.336. The Bertz CT molecular complexity index is 1210. The Hall–Kier alpha value is -3.54. The van der Waals surface area contributed by atoms with Crippen LogP contribution in [-0.2, 0) is 4.79 Å². The largest absolute Gasteiger partial charge is 0.494 e. The number of ether oxygens (including phenoxy) is 4. The molecule has 2 amide bonds. The normalized spacial score (nSPS) is 10.2. The average molecular weight is 537 g/mol. The number of anilines is 1. The number of hydrogen-bond donors (Lipinski definition) is 3. The van der Waals surface area contributed by atoms with Crippen LogP contribution in [0.25, 0.3) is 22.4 Å². The van der Waals surface area contributed by atoms with Gasteiger partial charge in [-0.25, -0.2) is 0 Å². The van der Waals surface area contributed by atoms with E-state index < -0.39 is 5.91 Å². The first kappa shape index (κ1) is 28.7. The molecular formula is C24H29ClN4O6S. The summed E-state index contributed by atoms with van der Waals surface area (Å²) in [6.07, 6.45) is 0.753. The summed E-state index contributed by atoms with van der Waals surface area (Å²) >= 11 is 1.24. The molecule has 0 aliphatic carbocycles. The topological polar surface area (TPSA) is 148 Å². The highest BCUT2D eigenvalue weighted by Gasteiger charge is 2.22. The van der Waals surface area contributed by atoms with E-state index in [4.69, 9.17) is 30.4 Å². The summed E-state index contributed by atoms with van der Waals surface area (Å²) in [5.41, 5.74) is 14.3. The van der Waals surface area contributed by atoms with Crippen molar-refractivity contribution in [1.82, 2.24) is 4.37 Å². The first-order valence-corrected chi connectivity index (χ1v) is 11.5. The fourth-order valence-electron chi connectivity index (χ4n) is 3.62. The van der Waals surface area contributed by atoms with Gasteiger partial charge in [0, 0.05) is 22.9 Å². The summed E-state index contributed by atoms with van der Waals surface area (Å²) < 4.78 is 26.3. The van der Waals surface area contributed by atoms with E-state index in [1.54, 1.807) is 24.3 Å². The number of rotatable bonds is 11. The molecule has 5 N–H and O–H groups in total. The molecule has 3 rings (SSSR count). The minimum Gasteiger partial charge on any atom is -0.494 e. The molecule has 10 nitrogen and oxygen atoms in total. The number of aromatic nitrogens is 1. The Balaban J connectivity index is 0.00000456. The number of nitrogens with zero attached hydrogens (tertiary/aromatic N) is 1. The molecule has 0 radical (unpaired) electrons. The molecule has 1 aromatic heterocycles. The number of halogens is 1. The summed E-state index contributed by atoms with van der Waals surface area (Å²) in [6, 6.07) is 6.90. The van der Waals surface area contributed by atoms with Gasteiger partial charge in [-0.1, -0.05) is 0 Å². The molecule has 0 aliphatic rings. The lowest BCUT2D eigenvalue weighted by Gasteiger charge is -2.16. The van der Waals surface area contributed by atoms with Gasteiger partial charge in [-0.05, 0) is 54.3 Å². The van der Waals surface area contributed by atoms with Crippen molar-refractivity contribution in [3.63, 3.8) is 0 Å². The van der Waals surface area contributed by atoms with Gasteiger partial charge < -0.3 is 35.7 Å². The third-order valence-electron chi connectivity index (χ3n) is 5.26. The van der Waals surface area contributed by atoms with Crippen LogP contribution in [0.15, 0.2) is 29.6 Å². The number of hydrogen-bond acceptors (Lipinski definition) is 9. The van der Waals surface area contributed by atoms with Crippen molar-refractivity contribution in [3.8, 4) is 45.4 Å². The fraction of sp³-hybridized carbons (Fsp3) is 0.292. The minimum atomic E-state index is -0.696. The van der Waals surface area contributed by atoms with Crippen molar-refractivity contribution in [3.05, 3.63) is 35.2 Å². The molecule has 0 saturated heterocycles. The third kappa shape index (κ3) is 5.99. The lowest BCUT2D eigenvalue weighted by molar-refractivity contribution is -0.116. The Morgan fingerprint density at radius 3 is 2.11 bits per heavy atom. The summed E-state index contributed by atoms with van der Waals surface area (Å²) in [4.78, 5) is 24.7. The van der Waals surface area contributed by atoms with Crippen LogP contribution in [0.3, 0.4) is 0 Å². The average Bonchev–Trinajstić information content (AvgIpc) is 3.36. The van der Waals surface area contributed by atoms with Gasteiger partial charge in [-0.3, -0.25) is 9.59 Å². The standard InChI is InChI=1S/C24H28N4O6S.ClH/c1-31-18-10-14(11-19(32-2)23(18)34-4)21-16(12-35-28-21)13-8-15(24(26)30)22(33-3)17(9-13)27-20(29)6-5-7-25;/h8-12H,5-7,25H2,1-4H3,(H2,26,30)(H,27,29);1H. The van der Waals surface area contributed by atoms with Crippen LogP contribution in [0, 0.1) is 0 Å². The molecule has 36 heavy (non-hydrogen) atoms. The molecule has 0 bridgehead atoms. The molecular weight excluding hydrogens is 508 g/mol. The van der Waals surface area contributed by atoms with Gasteiger partial charge in [-0.2, -0.15) is 4.37 Å². The number of carbonyl (C=O) groups is 2. The van der Waals surface area contributed by atoms with E-state index in [2.05, 4.69) is 9.69 Å². The van der Waals surface area contributed by atoms with E-state index in [-0.39, 0.29) is 36.0 Å². The molecule has 12 heteroatoms. The summed E-state index contributed by atoms with van der Waals surface area (Å²) in [6.45, 7) is 0.385. The number of carbonyl (C=O) groups excluding carboxylic acids is 2. The lowest BCUT2D eigenvalue weighted by Crippen LogP contribution is -2.17. The van der Waals surface area contributed by atoms with Crippen LogP contribution in [0.5, 0.6) is 23.0 Å². The predicted molar refractivity (Wildman–Crippen MR) is 142 cm³/mol. The Morgan fingerprint density at radius 2 is 1.58 bits per heavy atom. The molecule has 0 atom stereocenters. The van der Waals surface area contributed by atoms with Gasteiger partial charge in [0.25, 0.3) is 5.91 Å². The second kappa shape index (κ2) is 13.0. The summed E-state index contributed by atoms with van der Waals surface area (Å²) in [7, 11) is 6.00. The number of amides is 2. The van der Waals surface area contributed by atoms with Crippen molar-refractivity contribution in [2.75, 3.05) is 40.3 Å². The second-order valence-electron chi connectivity index (χ2n) is 7.40. The van der Waals surface area contributed by atoms with Crippen molar-refractivity contribution < 1.29 is 28.5 Å². The van der Waals surface area contributed by atoms with Crippen LogP contribution < -0.4 is 35.7 Å². The van der Waals surface area contributed by atoms with Crippen LogP contribution in [-0.4, -0.2) is 51.2 Å². The zero-order valence-electron chi connectivity index (χ0n) is 20.4. The van der Waals surface area contributed by atoms with Gasteiger partial charge in [0.1, 0.15) is 0 Å². The Morgan fingerprint density at radius 1 is 0.944 bits per heavy atom. The monoisotopic (exact) mass is 536 g/mol. The van der Waals surface area contributed by atoms with E-state index in [1.807, 2.05) is 5.38 Å². The second-order valence-corrected chi connectivity index (χ2v) is 8.03. The molecule has 0 saturated carbocycles. The highest BCUT2D eigenvalue weighted by Crippen LogP contribution is 2.44. The van der Waals surface area contributed by atoms with E-state index in [9.17, 15) is 9.59 Å². The van der Waals surface area contributed by atoms with Crippen molar-refractivity contribution in [2.45, 2.75) is 12.8 Å². The number of nitrogens with one attached hydrogen (secondary N) is 1. The number of methoxy groups -OCH3 is 4. The molecule has 194 valence electrons. The third-order valence-corrected chi connectivity index (χ3v) is 5.89. The number of benzene rings is 2. The lowest BCUT2D eigenvalue weighted by atomic mass is 9.98. The maximum atomic E-state index is 12.4. The number of nitrogens with two attached hydrogens (primary N) is 2. The molecule has 0 aliphatic heterocycles. The van der Waals surface area contributed by atoms with E-state index >= 15 is 0 Å². The van der Waals surface area contributed by atoms with Crippen LogP contribution >= 0.6 is 23.9 Å². The zero-order valence-corrected chi connectivity index (χ0v) is 22.0.